The van der Waals surface area contributed by atoms with Crippen LogP contribution in [0.1, 0.15) is 34.0 Å². The first-order valence-electron chi connectivity index (χ1n) is 10.8. The number of hydrogen-bond donors (Lipinski definition) is 2. The summed E-state index contributed by atoms with van der Waals surface area (Å²) in [6.45, 7) is 2.97. The van der Waals surface area contributed by atoms with E-state index in [1.807, 2.05) is 0 Å². The number of halogens is 5. The molecule has 0 aliphatic heterocycles. The third-order valence-electron chi connectivity index (χ3n) is 4.95. The first-order chi connectivity index (χ1) is 17.6. The van der Waals surface area contributed by atoms with E-state index in [1.165, 1.54) is 36.4 Å². The summed E-state index contributed by atoms with van der Waals surface area (Å²) in [5.41, 5.74) is 0.610. The van der Waals surface area contributed by atoms with Gasteiger partial charge in [0.1, 0.15) is 11.6 Å². The molecule has 0 saturated heterocycles. The molecular weight excluding hydrogens is 552 g/mol. The molecule has 3 N–H and O–H groups in total. The lowest BCUT2D eigenvalue weighted by atomic mass is 10.1. The van der Waals surface area contributed by atoms with E-state index in [0.29, 0.717) is 40.6 Å². The second-order valence-corrected chi connectivity index (χ2v) is 9.86. The third-order valence-corrected chi connectivity index (χ3v) is 6.10. The Kier molecular flexibility index (Phi) is 10.4. The lowest BCUT2D eigenvalue weighted by Crippen LogP contribution is -2.21. The van der Waals surface area contributed by atoms with E-state index in [4.69, 9.17) is 21.5 Å². The van der Waals surface area contributed by atoms with Gasteiger partial charge in [0.25, 0.3) is 5.91 Å². The highest BCUT2D eigenvalue weighted by molar-refractivity contribution is 7.89. The SMILES string of the molecule is CCc1cc(F)cc(C(F)(F)F)c1.Cc1cc(S(N)(=O)=O)ccc1NC(=O)COc1ccc(Cl)cc1C=O. The van der Waals surface area contributed by atoms with Crippen LogP contribution in [0.15, 0.2) is 59.5 Å². The van der Waals surface area contributed by atoms with E-state index >= 15 is 0 Å². The number of aldehydes is 1. The highest BCUT2D eigenvalue weighted by Crippen LogP contribution is 2.30. The fourth-order valence-electron chi connectivity index (χ4n) is 3.04. The smallest absolute Gasteiger partial charge is 0.416 e. The fraction of sp³-hybridized carbons (Fsp3) is 0.200. The highest BCUT2D eigenvalue weighted by Gasteiger charge is 2.31. The van der Waals surface area contributed by atoms with E-state index in [9.17, 15) is 35.6 Å². The van der Waals surface area contributed by atoms with Crippen LogP contribution in [0, 0.1) is 12.7 Å². The number of nitrogens with two attached hydrogens (primary N) is 1. The maximum Gasteiger partial charge on any atom is 0.416 e. The van der Waals surface area contributed by atoms with E-state index in [-0.39, 0.29) is 22.8 Å². The van der Waals surface area contributed by atoms with Crippen LogP contribution in [0.25, 0.3) is 0 Å². The Morgan fingerprint density at radius 3 is 2.34 bits per heavy atom. The average molecular weight is 575 g/mol. The first kappa shape index (κ1) is 30.7. The summed E-state index contributed by atoms with van der Waals surface area (Å²) < 4.78 is 76.9. The van der Waals surface area contributed by atoms with Crippen LogP contribution >= 0.6 is 11.6 Å². The zero-order chi connectivity index (χ0) is 28.7. The van der Waals surface area contributed by atoms with Gasteiger partial charge in [-0.1, -0.05) is 18.5 Å². The number of sulfonamides is 1. The summed E-state index contributed by atoms with van der Waals surface area (Å²) in [6, 6.07) is 11.1. The van der Waals surface area contributed by atoms with Crippen molar-refractivity contribution in [2.75, 3.05) is 11.9 Å². The maximum absolute atomic E-state index is 12.6. The Morgan fingerprint density at radius 2 is 1.79 bits per heavy atom. The van der Waals surface area contributed by atoms with Crippen molar-refractivity contribution >= 4 is 39.5 Å². The maximum atomic E-state index is 12.6. The molecule has 13 heteroatoms. The second kappa shape index (κ2) is 12.9. The van der Waals surface area contributed by atoms with Gasteiger partial charge in [-0.25, -0.2) is 17.9 Å². The summed E-state index contributed by atoms with van der Waals surface area (Å²) in [6.07, 6.45) is -3.50. The van der Waals surface area contributed by atoms with Gasteiger partial charge >= 0.3 is 6.18 Å². The standard InChI is InChI=1S/C16H15ClN2O5S.C9H8F4/c1-10-6-13(25(18,22)23)3-4-14(10)19-16(21)9-24-15-5-2-12(17)7-11(15)8-20;1-2-6-3-7(9(11,12)13)5-8(10)4-6/h2-8H,9H2,1H3,(H,19,21)(H2,18,22,23);3-5H,2H2,1H3. The number of anilines is 1. The number of amides is 1. The molecule has 0 bridgehead atoms. The minimum Gasteiger partial charge on any atom is -0.483 e. The van der Waals surface area contributed by atoms with E-state index in [2.05, 4.69) is 5.32 Å². The van der Waals surface area contributed by atoms with Crippen LogP contribution in [-0.4, -0.2) is 27.2 Å². The molecule has 0 unspecified atom stereocenters. The van der Waals surface area contributed by atoms with Crippen molar-refractivity contribution in [1.29, 1.82) is 0 Å². The van der Waals surface area contributed by atoms with Gasteiger partial charge in [-0.05, 0) is 79.1 Å². The minimum absolute atomic E-state index is 0.0453. The summed E-state index contributed by atoms with van der Waals surface area (Å²) in [5.74, 6) is -1.08. The summed E-state index contributed by atoms with van der Waals surface area (Å²) in [7, 11) is -3.81. The number of ether oxygens (including phenoxy) is 1. The number of alkyl halides is 3. The van der Waals surface area contributed by atoms with Crippen molar-refractivity contribution in [1.82, 2.24) is 0 Å². The number of benzene rings is 3. The van der Waals surface area contributed by atoms with E-state index in [1.54, 1.807) is 13.8 Å². The topological polar surface area (TPSA) is 116 Å². The van der Waals surface area contributed by atoms with Gasteiger partial charge in [-0.2, -0.15) is 13.2 Å². The van der Waals surface area contributed by atoms with Gasteiger partial charge in [0.15, 0.2) is 12.9 Å². The molecule has 0 spiro atoms. The second-order valence-electron chi connectivity index (χ2n) is 7.86. The van der Waals surface area contributed by atoms with Crippen molar-refractivity contribution in [3.63, 3.8) is 0 Å². The third kappa shape index (κ3) is 9.12. The predicted octanol–water partition coefficient (Wildman–Crippen LogP) is 5.53. The number of rotatable bonds is 7. The van der Waals surface area contributed by atoms with Crippen molar-refractivity contribution in [2.24, 2.45) is 5.14 Å². The Bertz CT molecular complexity index is 1430. The lowest BCUT2D eigenvalue weighted by Gasteiger charge is -2.11. The molecule has 0 aliphatic carbocycles. The molecular formula is C25H23ClF4N2O5S. The molecule has 3 aromatic rings. The van der Waals surface area contributed by atoms with Gasteiger partial charge in [0, 0.05) is 10.7 Å². The molecule has 0 radical (unpaired) electrons. The number of nitrogens with one attached hydrogen (secondary N) is 1. The average Bonchev–Trinajstić information content (AvgIpc) is 2.83. The Morgan fingerprint density at radius 1 is 1.11 bits per heavy atom. The fourth-order valence-corrected chi connectivity index (χ4v) is 3.82. The van der Waals surface area contributed by atoms with Crippen LogP contribution in [0.4, 0.5) is 23.2 Å². The molecule has 0 aliphatic rings. The van der Waals surface area contributed by atoms with Crippen LogP contribution in [0.2, 0.25) is 5.02 Å². The predicted molar refractivity (Wildman–Crippen MR) is 134 cm³/mol. The van der Waals surface area contributed by atoms with E-state index < -0.39 is 33.5 Å². The minimum atomic E-state index is -4.47. The van der Waals surface area contributed by atoms with Gasteiger partial charge in [-0.3, -0.25) is 9.59 Å². The Labute approximate surface area is 221 Å². The van der Waals surface area contributed by atoms with Crippen molar-refractivity contribution in [3.8, 4) is 5.75 Å². The molecule has 0 fully saturated rings. The molecule has 3 aromatic carbocycles. The quantitative estimate of drug-likeness (QED) is 0.284. The normalized spacial score (nSPS) is 11.3. The number of carbonyl (C=O) groups excluding carboxylic acids is 2. The number of aryl methyl sites for hydroxylation is 2. The van der Waals surface area contributed by atoms with Gasteiger partial charge < -0.3 is 10.1 Å². The lowest BCUT2D eigenvalue weighted by molar-refractivity contribution is -0.137. The zero-order valence-electron chi connectivity index (χ0n) is 20.1. The molecule has 7 nitrogen and oxygen atoms in total. The first-order valence-corrected chi connectivity index (χ1v) is 12.7. The highest BCUT2D eigenvalue weighted by atomic mass is 35.5. The molecule has 3 rings (SSSR count). The molecule has 0 heterocycles. The largest absolute Gasteiger partial charge is 0.483 e. The molecule has 0 saturated carbocycles. The van der Waals surface area contributed by atoms with Crippen LogP contribution in [0.5, 0.6) is 5.75 Å². The van der Waals surface area contributed by atoms with Crippen LogP contribution in [0.3, 0.4) is 0 Å². The molecule has 0 aromatic heterocycles. The summed E-state index contributed by atoms with van der Waals surface area (Å²) in [4.78, 5) is 22.9. The zero-order valence-corrected chi connectivity index (χ0v) is 21.7. The number of hydrogen-bond acceptors (Lipinski definition) is 5. The van der Waals surface area contributed by atoms with Crippen molar-refractivity contribution in [2.45, 2.75) is 31.3 Å². The Balaban J connectivity index is 0.000000328. The van der Waals surface area contributed by atoms with Crippen LogP contribution in [-0.2, 0) is 27.4 Å². The monoisotopic (exact) mass is 574 g/mol. The van der Waals surface area contributed by atoms with Crippen molar-refractivity contribution in [3.05, 3.63) is 87.7 Å². The van der Waals surface area contributed by atoms with E-state index in [0.717, 1.165) is 12.1 Å². The molecule has 0 atom stereocenters. The van der Waals surface area contributed by atoms with Gasteiger partial charge in [-0.15, -0.1) is 0 Å². The number of carbonyl (C=O) groups is 2. The summed E-state index contributed by atoms with van der Waals surface area (Å²) in [5, 5.41) is 8.03. The van der Waals surface area contributed by atoms with Crippen LogP contribution < -0.4 is 15.2 Å². The number of primary sulfonamides is 1. The van der Waals surface area contributed by atoms with Gasteiger partial charge in [0.2, 0.25) is 10.0 Å². The molecule has 204 valence electrons. The molecule has 1 amide bonds. The van der Waals surface area contributed by atoms with Gasteiger partial charge in [0.05, 0.1) is 16.0 Å². The Hall–Kier alpha value is -3.48. The van der Waals surface area contributed by atoms with Crippen molar-refractivity contribution < 1.29 is 40.3 Å². The summed E-state index contributed by atoms with van der Waals surface area (Å²) >= 11 is 5.78. The molecule has 38 heavy (non-hydrogen) atoms.